The molecular weight excluding hydrogens is 364 g/mol. The molecule has 2 heterocycles. The number of nitro groups is 1. The third-order valence-corrected chi connectivity index (χ3v) is 5.20. The lowest BCUT2D eigenvalue weighted by atomic mass is 9.97. The monoisotopic (exact) mass is 390 g/mol. The lowest BCUT2D eigenvalue weighted by Gasteiger charge is -2.33. The van der Waals surface area contributed by atoms with Crippen LogP contribution in [0, 0.1) is 16.0 Å². The third kappa shape index (κ3) is 5.41. The van der Waals surface area contributed by atoms with Crippen LogP contribution in [-0.4, -0.2) is 60.5 Å². The summed E-state index contributed by atoms with van der Waals surface area (Å²) in [6.07, 6.45) is 3.74. The van der Waals surface area contributed by atoms with E-state index in [1.165, 1.54) is 18.2 Å². The van der Waals surface area contributed by atoms with Crippen LogP contribution in [0.1, 0.15) is 25.7 Å². The second-order valence-electron chi connectivity index (χ2n) is 7.29. The molecule has 2 saturated heterocycles. The number of hydrogen-bond donors (Lipinski definition) is 2. The number of hydrogen-bond acceptors (Lipinski definition) is 6. The van der Waals surface area contributed by atoms with Crippen LogP contribution < -0.4 is 15.4 Å². The van der Waals surface area contributed by atoms with Gasteiger partial charge in [-0.1, -0.05) is 6.07 Å². The number of carbonyl (C=O) groups excluding carboxylic acids is 2. The lowest BCUT2D eigenvalue weighted by molar-refractivity contribution is -0.384. The summed E-state index contributed by atoms with van der Waals surface area (Å²) in [7, 11) is 0. The molecule has 2 atom stereocenters. The summed E-state index contributed by atoms with van der Waals surface area (Å²) in [6.45, 7) is 2.52. The molecule has 2 fully saturated rings. The Morgan fingerprint density at radius 1 is 1.32 bits per heavy atom. The van der Waals surface area contributed by atoms with Gasteiger partial charge in [-0.3, -0.25) is 19.7 Å². The molecule has 2 unspecified atom stereocenters. The molecule has 0 radical (unpaired) electrons. The molecule has 0 saturated carbocycles. The van der Waals surface area contributed by atoms with Gasteiger partial charge in [-0.2, -0.15) is 0 Å². The SMILES string of the molecule is O=C(NCC1CCCN(C(=O)COc2cccc([N+](=O)[O-])c2)C1)C1CCCN1. The van der Waals surface area contributed by atoms with E-state index in [4.69, 9.17) is 4.74 Å². The molecule has 0 spiro atoms. The molecule has 152 valence electrons. The molecule has 1 aromatic rings. The predicted molar refractivity (Wildman–Crippen MR) is 102 cm³/mol. The number of rotatable bonds is 7. The van der Waals surface area contributed by atoms with Crippen molar-refractivity contribution >= 4 is 17.5 Å². The number of amides is 2. The van der Waals surface area contributed by atoms with Gasteiger partial charge in [0.25, 0.3) is 11.6 Å². The van der Waals surface area contributed by atoms with E-state index in [2.05, 4.69) is 10.6 Å². The molecule has 28 heavy (non-hydrogen) atoms. The summed E-state index contributed by atoms with van der Waals surface area (Å²) in [5.74, 6) is 0.406. The van der Waals surface area contributed by atoms with Gasteiger partial charge in [-0.15, -0.1) is 0 Å². The molecule has 0 aliphatic carbocycles. The fraction of sp³-hybridized carbons (Fsp3) is 0.579. The number of nitrogens with one attached hydrogen (secondary N) is 2. The van der Waals surface area contributed by atoms with Crippen LogP contribution in [-0.2, 0) is 9.59 Å². The first kappa shape index (κ1) is 20.1. The number of carbonyl (C=O) groups is 2. The van der Waals surface area contributed by atoms with Gasteiger partial charge in [-0.05, 0) is 44.2 Å². The largest absolute Gasteiger partial charge is 0.484 e. The van der Waals surface area contributed by atoms with Crippen molar-refractivity contribution in [3.8, 4) is 5.75 Å². The number of benzene rings is 1. The average molecular weight is 390 g/mol. The quantitative estimate of drug-likeness (QED) is 0.532. The van der Waals surface area contributed by atoms with Crippen molar-refractivity contribution in [3.63, 3.8) is 0 Å². The first-order valence-corrected chi connectivity index (χ1v) is 9.69. The molecule has 0 bridgehead atoms. The maximum Gasteiger partial charge on any atom is 0.273 e. The van der Waals surface area contributed by atoms with E-state index < -0.39 is 4.92 Å². The smallest absolute Gasteiger partial charge is 0.273 e. The Morgan fingerprint density at radius 2 is 2.18 bits per heavy atom. The molecule has 2 aliphatic heterocycles. The third-order valence-electron chi connectivity index (χ3n) is 5.20. The normalized spacial score (nSPS) is 21.9. The maximum atomic E-state index is 12.5. The van der Waals surface area contributed by atoms with E-state index in [1.807, 2.05) is 0 Å². The summed E-state index contributed by atoms with van der Waals surface area (Å²) >= 11 is 0. The summed E-state index contributed by atoms with van der Waals surface area (Å²) < 4.78 is 5.44. The molecular formula is C19H26N4O5. The molecule has 1 aromatic carbocycles. The van der Waals surface area contributed by atoms with Crippen molar-refractivity contribution in [1.82, 2.24) is 15.5 Å². The van der Waals surface area contributed by atoms with Gasteiger partial charge in [0, 0.05) is 25.7 Å². The fourth-order valence-corrected chi connectivity index (χ4v) is 3.66. The van der Waals surface area contributed by atoms with Crippen LogP contribution in [0.5, 0.6) is 5.75 Å². The number of likely N-dealkylation sites (tertiary alicyclic amines) is 1. The Bertz CT molecular complexity index is 720. The van der Waals surface area contributed by atoms with Crippen LogP contribution in [0.25, 0.3) is 0 Å². The zero-order valence-corrected chi connectivity index (χ0v) is 15.8. The van der Waals surface area contributed by atoms with Gasteiger partial charge in [0.1, 0.15) is 5.75 Å². The standard InChI is InChI=1S/C19H26N4O5/c24-18(13-28-16-6-1-5-15(10-16)23(26)27)22-9-3-4-14(12-22)11-21-19(25)17-7-2-8-20-17/h1,5-6,10,14,17,20H,2-4,7-9,11-13H2,(H,21,25). The molecule has 9 nitrogen and oxygen atoms in total. The number of non-ortho nitro benzene ring substituents is 1. The molecule has 3 rings (SSSR count). The minimum atomic E-state index is -0.501. The molecule has 2 amide bonds. The minimum absolute atomic E-state index is 0.0370. The topological polar surface area (TPSA) is 114 Å². The van der Waals surface area contributed by atoms with Crippen LogP contribution in [0.3, 0.4) is 0 Å². The molecule has 9 heteroatoms. The van der Waals surface area contributed by atoms with E-state index in [-0.39, 0.29) is 36.1 Å². The van der Waals surface area contributed by atoms with Gasteiger partial charge in [-0.25, -0.2) is 0 Å². The zero-order valence-electron chi connectivity index (χ0n) is 15.8. The van der Waals surface area contributed by atoms with Gasteiger partial charge >= 0.3 is 0 Å². The highest BCUT2D eigenvalue weighted by Crippen LogP contribution is 2.20. The van der Waals surface area contributed by atoms with Crippen molar-refractivity contribution in [2.45, 2.75) is 31.7 Å². The predicted octanol–water partition coefficient (Wildman–Crippen LogP) is 1.08. The van der Waals surface area contributed by atoms with Crippen LogP contribution in [0.15, 0.2) is 24.3 Å². The van der Waals surface area contributed by atoms with Crippen LogP contribution in [0.2, 0.25) is 0 Å². The van der Waals surface area contributed by atoms with Crippen molar-refractivity contribution in [3.05, 3.63) is 34.4 Å². The van der Waals surface area contributed by atoms with Gasteiger partial charge in [0.2, 0.25) is 5.91 Å². The van der Waals surface area contributed by atoms with Gasteiger partial charge in [0.05, 0.1) is 17.0 Å². The highest BCUT2D eigenvalue weighted by Gasteiger charge is 2.26. The second kappa shape index (κ2) is 9.50. The maximum absolute atomic E-state index is 12.5. The summed E-state index contributed by atoms with van der Waals surface area (Å²) in [5, 5.41) is 17.0. The Hall–Kier alpha value is -2.68. The average Bonchev–Trinajstić information content (AvgIpc) is 3.25. The van der Waals surface area contributed by atoms with E-state index in [0.29, 0.717) is 25.4 Å². The first-order chi connectivity index (χ1) is 13.5. The lowest BCUT2D eigenvalue weighted by Crippen LogP contribution is -2.47. The summed E-state index contributed by atoms with van der Waals surface area (Å²) in [6, 6.07) is 5.70. The molecule has 0 aromatic heterocycles. The van der Waals surface area contributed by atoms with Gasteiger partial charge in [0.15, 0.2) is 6.61 Å². The van der Waals surface area contributed by atoms with Crippen molar-refractivity contribution in [1.29, 1.82) is 0 Å². The highest BCUT2D eigenvalue weighted by molar-refractivity contribution is 5.82. The van der Waals surface area contributed by atoms with E-state index >= 15 is 0 Å². The number of nitro benzene ring substituents is 1. The Balaban J connectivity index is 1.44. The molecule has 2 aliphatic rings. The van der Waals surface area contributed by atoms with E-state index in [9.17, 15) is 19.7 Å². The van der Waals surface area contributed by atoms with E-state index in [1.54, 1.807) is 11.0 Å². The number of nitrogens with zero attached hydrogens (tertiary/aromatic N) is 2. The fourth-order valence-electron chi connectivity index (χ4n) is 3.66. The first-order valence-electron chi connectivity index (χ1n) is 9.69. The zero-order chi connectivity index (χ0) is 19.9. The van der Waals surface area contributed by atoms with E-state index in [0.717, 1.165) is 32.2 Å². The van der Waals surface area contributed by atoms with Crippen molar-refractivity contribution in [2.75, 3.05) is 32.8 Å². The van der Waals surface area contributed by atoms with Crippen molar-refractivity contribution < 1.29 is 19.2 Å². The summed E-state index contributed by atoms with van der Waals surface area (Å²) in [5.41, 5.74) is -0.0736. The number of piperidine rings is 1. The van der Waals surface area contributed by atoms with Crippen LogP contribution >= 0.6 is 0 Å². The Morgan fingerprint density at radius 3 is 2.93 bits per heavy atom. The van der Waals surface area contributed by atoms with Gasteiger partial charge < -0.3 is 20.3 Å². The van der Waals surface area contributed by atoms with Crippen molar-refractivity contribution in [2.24, 2.45) is 5.92 Å². The minimum Gasteiger partial charge on any atom is -0.484 e. The number of ether oxygens (including phenoxy) is 1. The van der Waals surface area contributed by atoms with Crippen LogP contribution in [0.4, 0.5) is 5.69 Å². The Labute approximate surface area is 163 Å². The summed E-state index contributed by atoms with van der Waals surface area (Å²) in [4.78, 5) is 36.6. The second-order valence-corrected chi connectivity index (χ2v) is 7.29. The molecule has 2 N–H and O–H groups in total. The Kier molecular flexibility index (Phi) is 6.80. The highest BCUT2D eigenvalue weighted by atomic mass is 16.6.